The average Bonchev–Trinajstić information content (AvgIpc) is 2.32. The monoisotopic (exact) mass is 258 g/mol. The Morgan fingerprint density at radius 1 is 1.55 bits per heavy atom. The first-order valence-corrected chi connectivity index (χ1v) is 5.31. The molecule has 3 heteroatoms. The molecule has 0 spiro atoms. The van der Waals surface area contributed by atoms with E-state index in [1.54, 1.807) is 6.26 Å². The molecule has 59 valence electrons. The summed E-state index contributed by atoms with van der Waals surface area (Å²) in [7, 11) is 0. The summed E-state index contributed by atoms with van der Waals surface area (Å²) in [6, 6.07) is 2.03. The van der Waals surface area contributed by atoms with E-state index < -0.39 is 0 Å². The standard InChI is InChI=1S/C8H12NO.Sn/c1-3-7-4-5-10-8(7)6(2)9;/h3-6H,9H2,1-2H3;. The van der Waals surface area contributed by atoms with Gasteiger partial charge in [-0.3, -0.25) is 0 Å². The average molecular weight is 257 g/mol. The maximum absolute atomic E-state index is 5.71. The van der Waals surface area contributed by atoms with Gasteiger partial charge in [0.2, 0.25) is 0 Å². The van der Waals surface area contributed by atoms with Crippen LogP contribution in [0.4, 0.5) is 0 Å². The molecule has 1 rings (SSSR count). The molecule has 0 amide bonds. The predicted molar refractivity (Wildman–Crippen MR) is 45.5 cm³/mol. The molecule has 0 saturated heterocycles. The van der Waals surface area contributed by atoms with Crippen molar-refractivity contribution in [3.8, 4) is 0 Å². The van der Waals surface area contributed by atoms with Gasteiger partial charge in [-0.2, -0.15) is 0 Å². The molecule has 0 saturated carbocycles. The van der Waals surface area contributed by atoms with Crippen LogP contribution in [0.25, 0.3) is 0 Å². The van der Waals surface area contributed by atoms with Gasteiger partial charge in [-0.15, -0.1) is 0 Å². The Bertz CT molecular complexity index is 207. The molecule has 1 aromatic heterocycles. The molecule has 0 fully saturated rings. The van der Waals surface area contributed by atoms with Crippen LogP contribution in [-0.4, -0.2) is 22.5 Å². The number of furan rings is 1. The van der Waals surface area contributed by atoms with Gasteiger partial charge in [0.1, 0.15) is 0 Å². The Morgan fingerprint density at radius 2 is 2.18 bits per heavy atom. The van der Waals surface area contributed by atoms with Crippen LogP contribution in [0.1, 0.15) is 35.1 Å². The summed E-state index contributed by atoms with van der Waals surface area (Å²) in [6.07, 6.45) is 1.72. The maximum atomic E-state index is 5.71. The van der Waals surface area contributed by atoms with E-state index in [9.17, 15) is 0 Å². The minimum atomic E-state index is 0.0166. The molecule has 0 aliphatic rings. The SMILES string of the molecule is CC(N)c1occc1[CH](C)[Sn]. The van der Waals surface area contributed by atoms with E-state index in [1.807, 2.05) is 13.0 Å². The van der Waals surface area contributed by atoms with E-state index in [-0.39, 0.29) is 6.04 Å². The molecule has 2 atom stereocenters. The molecule has 11 heavy (non-hydrogen) atoms. The van der Waals surface area contributed by atoms with Crippen molar-refractivity contribution in [2.45, 2.75) is 23.8 Å². The molecule has 3 radical (unpaired) electrons. The van der Waals surface area contributed by atoms with Gasteiger partial charge in [0.15, 0.2) is 0 Å². The molecule has 0 aromatic carbocycles. The molecule has 2 unspecified atom stereocenters. The van der Waals surface area contributed by atoms with Gasteiger partial charge in [0.25, 0.3) is 0 Å². The van der Waals surface area contributed by atoms with Crippen LogP contribution in [0, 0.1) is 0 Å². The molecule has 0 bridgehead atoms. The molecule has 2 nitrogen and oxygen atoms in total. The van der Waals surface area contributed by atoms with E-state index >= 15 is 0 Å². The van der Waals surface area contributed by atoms with Gasteiger partial charge in [-0.05, 0) is 0 Å². The molecular weight excluding hydrogens is 245 g/mol. The Kier molecular flexibility index (Phi) is 3.01. The van der Waals surface area contributed by atoms with Crippen molar-refractivity contribution in [2.24, 2.45) is 5.73 Å². The van der Waals surface area contributed by atoms with Crippen LogP contribution >= 0.6 is 0 Å². The molecule has 1 aromatic rings. The van der Waals surface area contributed by atoms with Crippen molar-refractivity contribution in [3.05, 3.63) is 23.7 Å². The van der Waals surface area contributed by atoms with Crippen LogP contribution in [-0.2, 0) is 0 Å². The summed E-state index contributed by atoms with van der Waals surface area (Å²) < 4.78 is 5.86. The number of hydrogen-bond acceptors (Lipinski definition) is 2. The third-order valence-corrected chi connectivity index (χ3v) is 2.49. The Labute approximate surface area is 80.2 Å². The summed E-state index contributed by atoms with van der Waals surface area (Å²) in [6.45, 7) is 4.12. The molecule has 0 aliphatic carbocycles. The first-order chi connectivity index (χ1) is 5.13. The van der Waals surface area contributed by atoms with Crippen molar-refractivity contribution in [3.63, 3.8) is 0 Å². The molecule has 0 aliphatic heterocycles. The summed E-state index contributed by atoms with van der Waals surface area (Å²) in [5.74, 6) is 0.939. The quantitative estimate of drug-likeness (QED) is 0.816. The van der Waals surface area contributed by atoms with Crippen LogP contribution in [0.2, 0.25) is 0 Å². The number of rotatable bonds is 2. The van der Waals surface area contributed by atoms with E-state index in [0.29, 0.717) is 3.93 Å². The van der Waals surface area contributed by atoms with Gasteiger partial charge >= 0.3 is 80.2 Å². The van der Waals surface area contributed by atoms with Gasteiger partial charge in [0, 0.05) is 0 Å². The zero-order valence-electron chi connectivity index (χ0n) is 6.79. The van der Waals surface area contributed by atoms with Crippen LogP contribution in [0.5, 0.6) is 0 Å². The fourth-order valence-corrected chi connectivity index (χ4v) is 1.74. The van der Waals surface area contributed by atoms with Crippen LogP contribution in [0.15, 0.2) is 16.7 Å². The zero-order chi connectivity index (χ0) is 8.43. The van der Waals surface area contributed by atoms with Gasteiger partial charge in [-0.25, -0.2) is 0 Å². The fourth-order valence-electron chi connectivity index (χ4n) is 1.06. The van der Waals surface area contributed by atoms with E-state index in [0.717, 1.165) is 5.76 Å². The Hall–Kier alpha value is 0.0387. The van der Waals surface area contributed by atoms with Crippen LogP contribution < -0.4 is 5.73 Å². The number of hydrogen-bond donors (Lipinski definition) is 1. The van der Waals surface area contributed by atoms with Crippen molar-refractivity contribution < 1.29 is 4.42 Å². The molecular formula is C8H12NOSn. The predicted octanol–water partition coefficient (Wildman–Crippen LogP) is 1.53. The number of nitrogens with two attached hydrogens (primary N) is 1. The molecule has 1 heterocycles. The topological polar surface area (TPSA) is 39.2 Å². The molecule has 2 N–H and O–H groups in total. The van der Waals surface area contributed by atoms with Crippen molar-refractivity contribution in [2.75, 3.05) is 0 Å². The summed E-state index contributed by atoms with van der Waals surface area (Å²) in [4.78, 5) is 0. The van der Waals surface area contributed by atoms with E-state index in [2.05, 4.69) is 6.92 Å². The summed E-state index contributed by atoms with van der Waals surface area (Å²) in [5.41, 5.74) is 6.98. The second-order valence-electron chi connectivity index (χ2n) is 2.75. The van der Waals surface area contributed by atoms with Crippen molar-refractivity contribution in [1.82, 2.24) is 0 Å². The fraction of sp³-hybridized carbons (Fsp3) is 0.500. The minimum absolute atomic E-state index is 0.0166. The van der Waals surface area contributed by atoms with E-state index in [4.69, 9.17) is 10.2 Å². The summed E-state index contributed by atoms with van der Waals surface area (Å²) in [5, 5.41) is 0. The van der Waals surface area contributed by atoms with E-state index in [1.165, 1.54) is 28.1 Å². The first kappa shape index (κ1) is 9.13. The first-order valence-electron chi connectivity index (χ1n) is 3.67. The van der Waals surface area contributed by atoms with Gasteiger partial charge < -0.3 is 0 Å². The Morgan fingerprint density at radius 3 is 2.55 bits per heavy atom. The second kappa shape index (κ2) is 3.63. The van der Waals surface area contributed by atoms with Crippen molar-refractivity contribution >= 4 is 22.5 Å². The summed E-state index contributed by atoms with van der Waals surface area (Å²) >= 11 is 1.50. The Balaban J connectivity index is 2.96. The van der Waals surface area contributed by atoms with Crippen LogP contribution in [0.3, 0.4) is 0 Å². The van der Waals surface area contributed by atoms with Gasteiger partial charge in [-0.1, -0.05) is 0 Å². The third-order valence-electron chi connectivity index (χ3n) is 1.61. The van der Waals surface area contributed by atoms with Crippen molar-refractivity contribution in [1.29, 1.82) is 0 Å². The zero-order valence-corrected chi connectivity index (χ0v) is 9.65. The van der Waals surface area contributed by atoms with Gasteiger partial charge in [0.05, 0.1) is 0 Å². The second-order valence-corrected chi connectivity index (χ2v) is 5.22. The normalized spacial score (nSPS) is 16.4. The third kappa shape index (κ3) is 1.99.